The molecule has 0 unspecified atom stereocenters. The summed E-state index contributed by atoms with van der Waals surface area (Å²) < 4.78 is 4.87. The molecule has 7 heteroatoms. The van der Waals surface area contributed by atoms with Crippen LogP contribution in [0.3, 0.4) is 0 Å². The Hall–Kier alpha value is -1.47. The fourth-order valence-corrected chi connectivity index (χ4v) is 1.69. The number of amidine groups is 1. The monoisotopic (exact) mass is 240 g/mol. The van der Waals surface area contributed by atoms with Crippen molar-refractivity contribution >= 4 is 24.6 Å². The summed E-state index contributed by atoms with van der Waals surface area (Å²) in [5.41, 5.74) is 3.63. The van der Waals surface area contributed by atoms with Crippen molar-refractivity contribution in [2.24, 2.45) is 4.99 Å². The Bertz CT molecular complexity index is 416. The van der Waals surface area contributed by atoms with E-state index in [9.17, 15) is 4.79 Å². The number of carbonyl (C=O) groups is 1. The molecule has 86 valence electrons. The van der Waals surface area contributed by atoms with E-state index in [4.69, 9.17) is 4.74 Å². The minimum absolute atomic E-state index is 0.334. The molecule has 0 saturated heterocycles. The van der Waals surface area contributed by atoms with Crippen LogP contribution in [-0.4, -0.2) is 28.6 Å². The number of hydrazine groups is 2. The molecule has 2 rings (SSSR count). The van der Waals surface area contributed by atoms with Gasteiger partial charge in [0.2, 0.25) is 0 Å². The van der Waals surface area contributed by atoms with Gasteiger partial charge in [0, 0.05) is 0 Å². The summed E-state index contributed by atoms with van der Waals surface area (Å²) in [6.45, 7) is 3.91. The second-order valence-electron chi connectivity index (χ2n) is 3.22. The zero-order valence-corrected chi connectivity index (χ0v) is 9.86. The molecule has 0 aromatic heterocycles. The Morgan fingerprint density at radius 2 is 2.44 bits per heavy atom. The third kappa shape index (κ3) is 1.91. The predicted octanol–water partition coefficient (Wildman–Crippen LogP) is 1.22. The largest absolute Gasteiger partial charge is 0.448 e. The molecule has 0 radical (unpaired) electrons. The van der Waals surface area contributed by atoms with Crippen LogP contribution < -0.4 is 5.53 Å². The average Bonchev–Trinajstić information content (AvgIpc) is 2.62. The highest BCUT2D eigenvalue weighted by Crippen LogP contribution is 2.22. The SMILES string of the molecule is CCOC(=O)N1C=C2C=C(S)N=C(C)N2N1. The van der Waals surface area contributed by atoms with Gasteiger partial charge in [-0.1, -0.05) is 0 Å². The summed E-state index contributed by atoms with van der Waals surface area (Å²) in [4.78, 5) is 15.6. The topological polar surface area (TPSA) is 57.2 Å². The van der Waals surface area contributed by atoms with Gasteiger partial charge in [0.1, 0.15) is 5.84 Å². The Labute approximate surface area is 98.6 Å². The lowest BCUT2D eigenvalue weighted by atomic mass is 10.4. The van der Waals surface area contributed by atoms with Gasteiger partial charge in [-0.3, -0.25) is 0 Å². The smallest absolute Gasteiger partial charge is 0.430 e. The maximum absolute atomic E-state index is 11.5. The summed E-state index contributed by atoms with van der Waals surface area (Å²) in [5.74, 6) is 0.713. The molecule has 1 amide bonds. The van der Waals surface area contributed by atoms with E-state index in [-0.39, 0.29) is 0 Å². The highest BCUT2D eigenvalue weighted by molar-refractivity contribution is 7.84. The number of hydrogen-bond donors (Lipinski definition) is 2. The molecular formula is C9H12N4O2S. The molecule has 0 atom stereocenters. The second kappa shape index (κ2) is 4.18. The van der Waals surface area contributed by atoms with Gasteiger partial charge >= 0.3 is 6.09 Å². The number of allylic oxidation sites excluding steroid dienone is 1. The summed E-state index contributed by atoms with van der Waals surface area (Å²) in [6, 6.07) is 0. The van der Waals surface area contributed by atoms with Crippen molar-refractivity contribution in [3.8, 4) is 0 Å². The van der Waals surface area contributed by atoms with Crippen LogP contribution in [0.1, 0.15) is 13.8 Å². The Balaban J connectivity index is 2.17. The van der Waals surface area contributed by atoms with Crippen LogP contribution in [0.4, 0.5) is 4.79 Å². The molecule has 0 aromatic rings. The molecule has 0 aliphatic carbocycles. The normalized spacial score (nSPS) is 18.8. The number of thiol groups is 1. The Morgan fingerprint density at radius 3 is 3.12 bits per heavy atom. The van der Waals surface area contributed by atoms with Crippen molar-refractivity contribution in [3.05, 3.63) is 23.0 Å². The van der Waals surface area contributed by atoms with E-state index >= 15 is 0 Å². The number of nitrogens with one attached hydrogen (secondary N) is 1. The van der Waals surface area contributed by atoms with Crippen LogP contribution in [0.2, 0.25) is 0 Å². The van der Waals surface area contributed by atoms with Crippen molar-refractivity contribution in [1.82, 2.24) is 15.6 Å². The minimum atomic E-state index is -0.452. The van der Waals surface area contributed by atoms with Gasteiger partial charge in [0.05, 0.1) is 23.5 Å². The highest BCUT2D eigenvalue weighted by Gasteiger charge is 2.28. The lowest BCUT2D eigenvalue weighted by Gasteiger charge is -2.24. The zero-order chi connectivity index (χ0) is 11.7. The number of nitrogens with zero attached hydrogens (tertiary/aromatic N) is 3. The summed E-state index contributed by atoms with van der Waals surface area (Å²) in [7, 11) is 0. The number of hydrogen-bond acceptors (Lipinski definition) is 6. The highest BCUT2D eigenvalue weighted by atomic mass is 32.1. The Morgan fingerprint density at radius 1 is 1.69 bits per heavy atom. The van der Waals surface area contributed by atoms with Crippen LogP contribution in [0.5, 0.6) is 0 Å². The van der Waals surface area contributed by atoms with Crippen LogP contribution in [0, 0.1) is 0 Å². The quantitative estimate of drug-likeness (QED) is 0.677. The van der Waals surface area contributed by atoms with Crippen molar-refractivity contribution in [1.29, 1.82) is 0 Å². The zero-order valence-electron chi connectivity index (χ0n) is 8.97. The van der Waals surface area contributed by atoms with E-state index in [1.54, 1.807) is 24.2 Å². The number of aliphatic imine (C=N–C) groups is 1. The van der Waals surface area contributed by atoms with Crippen molar-refractivity contribution < 1.29 is 9.53 Å². The first-order valence-electron chi connectivity index (χ1n) is 4.82. The first kappa shape index (κ1) is 11.0. The molecule has 2 aliphatic rings. The van der Waals surface area contributed by atoms with Gasteiger partial charge in [0.15, 0.2) is 0 Å². The van der Waals surface area contributed by atoms with E-state index in [1.165, 1.54) is 5.01 Å². The van der Waals surface area contributed by atoms with Crippen molar-refractivity contribution in [2.45, 2.75) is 13.8 Å². The number of amides is 1. The maximum Gasteiger partial charge on any atom is 0.430 e. The van der Waals surface area contributed by atoms with Gasteiger partial charge in [-0.2, -0.15) is 5.01 Å². The van der Waals surface area contributed by atoms with E-state index in [0.717, 1.165) is 5.70 Å². The average molecular weight is 240 g/mol. The van der Waals surface area contributed by atoms with Crippen molar-refractivity contribution in [2.75, 3.05) is 6.61 Å². The summed E-state index contributed by atoms with van der Waals surface area (Å²) in [6.07, 6.45) is 2.93. The number of ether oxygens (including phenoxy) is 1. The molecule has 2 heterocycles. The molecule has 0 bridgehead atoms. The lowest BCUT2D eigenvalue weighted by molar-refractivity contribution is 0.0938. The van der Waals surface area contributed by atoms with Gasteiger partial charge in [-0.05, 0) is 19.9 Å². The van der Waals surface area contributed by atoms with Crippen LogP contribution in [0.25, 0.3) is 0 Å². The molecule has 2 aliphatic heterocycles. The summed E-state index contributed by atoms with van der Waals surface area (Å²) >= 11 is 4.17. The molecular weight excluding hydrogens is 228 g/mol. The minimum Gasteiger partial charge on any atom is -0.448 e. The predicted molar refractivity (Wildman–Crippen MR) is 62.1 cm³/mol. The van der Waals surface area contributed by atoms with Gasteiger partial charge in [0.25, 0.3) is 0 Å². The first-order chi connectivity index (χ1) is 7.61. The van der Waals surface area contributed by atoms with E-state index in [2.05, 4.69) is 23.2 Å². The second-order valence-corrected chi connectivity index (χ2v) is 3.68. The molecule has 0 spiro atoms. The van der Waals surface area contributed by atoms with Crippen LogP contribution >= 0.6 is 12.6 Å². The number of carbonyl (C=O) groups excluding carboxylic acids is 1. The third-order valence-corrected chi connectivity index (χ3v) is 2.30. The molecule has 1 N–H and O–H groups in total. The maximum atomic E-state index is 11.5. The van der Waals surface area contributed by atoms with Gasteiger partial charge in [-0.15, -0.1) is 18.2 Å². The van der Waals surface area contributed by atoms with Crippen molar-refractivity contribution in [3.63, 3.8) is 0 Å². The molecule has 0 aromatic carbocycles. The van der Waals surface area contributed by atoms with Crippen LogP contribution in [0.15, 0.2) is 28.0 Å². The van der Waals surface area contributed by atoms with Gasteiger partial charge in [-0.25, -0.2) is 14.8 Å². The van der Waals surface area contributed by atoms with E-state index < -0.39 is 6.09 Å². The standard InChI is InChI=1S/C9H12N4O2S/c1-3-15-9(14)12-5-7-4-8(16)10-6(2)13(7)11-12/h4-5,11,16H,3H2,1-2H3. The molecule has 0 saturated carbocycles. The Kier molecular flexibility index (Phi) is 2.88. The van der Waals surface area contributed by atoms with E-state index in [1.807, 2.05) is 6.92 Å². The third-order valence-electron chi connectivity index (χ3n) is 2.07. The molecule has 16 heavy (non-hydrogen) atoms. The van der Waals surface area contributed by atoms with E-state index in [0.29, 0.717) is 17.5 Å². The van der Waals surface area contributed by atoms with Gasteiger partial charge < -0.3 is 4.74 Å². The number of rotatable bonds is 1. The number of fused-ring (bicyclic) bond motifs is 1. The fraction of sp³-hybridized carbons (Fsp3) is 0.333. The van der Waals surface area contributed by atoms with Crippen LogP contribution in [-0.2, 0) is 4.74 Å². The summed E-state index contributed by atoms with van der Waals surface area (Å²) in [5, 5.41) is 3.55. The first-order valence-corrected chi connectivity index (χ1v) is 5.26. The molecule has 0 fully saturated rings. The fourth-order valence-electron chi connectivity index (χ4n) is 1.41. The lowest BCUT2D eigenvalue weighted by Crippen LogP contribution is -2.46. The molecule has 6 nitrogen and oxygen atoms in total.